The molecule has 2 aromatic carbocycles. The molecule has 0 aliphatic carbocycles. The van der Waals surface area contributed by atoms with Gasteiger partial charge in [0.05, 0.1) is 11.1 Å². The smallest absolute Gasteiger partial charge is 0.261 e. The molecule has 1 aliphatic rings. The van der Waals surface area contributed by atoms with Crippen molar-refractivity contribution < 1.29 is 18.8 Å². The first-order chi connectivity index (χ1) is 12.5. The number of hydrogen-bond donors (Lipinski definition) is 1. The normalized spacial score (nSPS) is 13.1. The highest BCUT2D eigenvalue weighted by atomic mass is 35.5. The van der Waals surface area contributed by atoms with Gasteiger partial charge in [-0.05, 0) is 42.3 Å². The van der Waals surface area contributed by atoms with Crippen molar-refractivity contribution in [3.63, 3.8) is 0 Å². The lowest BCUT2D eigenvalue weighted by molar-refractivity contribution is -0.121. The van der Waals surface area contributed by atoms with Crippen LogP contribution in [0.15, 0.2) is 42.5 Å². The van der Waals surface area contributed by atoms with Crippen LogP contribution in [0.4, 0.5) is 4.39 Å². The van der Waals surface area contributed by atoms with Crippen LogP contribution in [0.25, 0.3) is 0 Å². The Labute approximate surface area is 154 Å². The SMILES string of the molecule is O=C(CCN1C(=O)c2ccc(Cl)cc2C1=O)NCCc1ccc(F)cc1. The summed E-state index contributed by atoms with van der Waals surface area (Å²) in [6.07, 6.45) is 0.583. The van der Waals surface area contributed by atoms with Gasteiger partial charge in [-0.3, -0.25) is 19.3 Å². The molecule has 0 aromatic heterocycles. The molecule has 0 bridgehead atoms. The van der Waals surface area contributed by atoms with Crippen LogP contribution in [0, 0.1) is 5.82 Å². The van der Waals surface area contributed by atoms with Crippen molar-refractivity contribution >= 4 is 29.3 Å². The number of hydrogen-bond acceptors (Lipinski definition) is 3. The van der Waals surface area contributed by atoms with E-state index >= 15 is 0 Å². The average Bonchev–Trinajstić information content (AvgIpc) is 2.85. The fraction of sp³-hybridized carbons (Fsp3) is 0.211. The number of imide groups is 1. The standard InChI is InChI=1S/C19H16ClFN2O3/c20-13-3-6-15-16(11-13)19(26)23(18(15)25)10-8-17(24)22-9-7-12-1-4-14(21)5-2-12/h1-6,11H,7-10H2,(H,22,24). The van der Waals surface area contributed by atoms with E-state index in [1.807, 2.05) is 0 Å². The van der Waals surface area contributed by atoms with E-state index < -0.39 is 11.8 Å². The quantitative estimate of drug-likeness (QED) is 0.791. The minimum atomic E-state index is -0.438. The molecule has 0 saturated carbocycles. The molecule has 0 unspecified atom stereocenters. The lowest BCUT2D eigenvalue weighted by Crippen LogP contribution is -2.35. The maximum absolute atomic E-state index is 12.8. The van der Waals surface area contributed by atoms with Crippen LogP contribution in [-0.4, -0.2) is 35.7 Å². The molecule has 0 fully saturated rings. The summed E-state index contributed by atoms with van der Waals surface area (Å²) in [5, 5.41) is 3.11. The summed E-state index contributed by atoms with van der Waals surface area (Å²) in [7, 11) is 0. The maximum Gasteiger partial charge on any atom is 0.261 e. The first-order valence-electron chi connectivity index (χ1n) is 8.12. The van der Waals surface area contributed by atoms with Crippen molar-refractivity contribution in [1.82, 2.24) is 10.2 Å². The van der Waals surface area contributed by atoms with Gasteiger partial charge in [-0.2, -0.15) is 0 Å². The van der Waals surface area contributed by atoms with Crippen molar-refractivity contribution in [2.75, 3.05) is 13.1 Å². The van der Waals surface area contributed by atoms with Gasteiger partial charge in [0.2, 0.25) is 5.91 Å². The minimum Gasteiger partial charge on any atom is -0.356 e. The second-order valence-corrected chi connectivity index (χ2v) is 6.36. The van der Waals surface area contributed by atoms with E-state index in [9.17, 15) is 18.8 Å². The first kappa shape index (κ1) is 18.1. The topological polar surface area (TPSA) is 66.5 Å². The molecule has 1 aliphatic heterocycles. The van der Waals surface area contributed by atoms with Gasteiger partial charge in [-0.1, -0.05) is 23.7 Å². The van der Waals surface area contributed by atoms with Crippen molar-refractivity contribution in [3.05, 3.63) is 70.0 Å². The zero-order valence-corrected chi connectivity index (χ0v) is 14.6. The third-order valence-corrected chi connectivity index (χ3v) is 4.38. The number of amides is 3. The van der Waals surface area contributed by atoms with Gasteiger partial charge in [0.15, 0.2) is 0 Å². The van der Waals surface area contributed by atoms with Crippen LogP contribution in [0.5, 0.6) is 0 Å². The Morgan fingerprint density at radius 2 is 1.73 bits per heavy atom. The number of benzene rings is 2. The molecular formula is C19H16ClFN2O3. The third kappa shape index (κ3) is 3.91. The van der Waals surface area contributed by atoms with Crippen molar-refractivity contribution in [3.8, 4) is 0 Å². The van der Waals surface area contributed by atoms with Crippen LogP contribution in [-0.2, 0) is 11.2 Å². The molecule has 0 atom stereocenters. The summed E-state index contributed by atoms with van der Waals surface area (Å²) in [5.41, 5.74) is 1.47. The number of fused-ring (bicyclic) bond motifs is 1. The van der Waals surface area contributed by atoms with E-state index in [1.54, 1.807) is 18.2 Å². The third-order valence-electron chi connectivity index (χ3n) is 4.14. The fourth-order valence-corrected chi connectivity index (χ4v) is 2.94. The minimum absolute atomic E-state index is 0.00630. The molecule has 0 radical (unpaired) electrons. The Kier molecular flexibility index (Phi) is 5.32. The molecule has 134 valence electrons. The van der Waals surface area contributed by atoms with Crippen LogP contribution in [0.2, 0.25) is 5.02 Å². The summed E-state index contributed by atoms with van der Waals surface area (Å²) in [6.45, 7) is 0.397. The number of carbonyl (C=O) groups is 3. The van der Waals surface area contributed by atoms with Crippen molar-refractivity contribution in [2.45, 2.75) is 12.8 Å². The highest BCUT2D eigenvalue weighted by molar-refractivity contribution is 6.32. The van der Waals surface area contributed by atoms with Gasteiger partial charge >= 0.3 is 0 Å². The Bertz CT molecular complexity index is 868. The number of rotatable bonds is 6. The van der Waals surface area contributed by atoms with Crippen molar-refractivity contribution in [1.29, 1.82) is 0 Å². The zero-order chi connectivity index (χ0) is 18.7. The maximum atomic E-state index is 12.8. The lowest BCUT2D eigenvalue weighted by atomic mass is 10.1. The van der Waals surface area contributed by atoms with Gasteiger partial charge < -0.3 is 5.32 Å². The van der Waals surface area contributed by atoms with Gasteiger partial charge in [0.25, 0.3) is 11.8 Å². The Balaban J connectivity index is 1.48. The molecule has 5 nitrogen and oxygen atoms in total. The summed E-state index contributed by atoms with van der Waals surface area (Å²) in [5.74, 6) is -1.42. The largest absolute Gasteiger partial charge is 0.356 e. The van der Waals surface area contributed by atoms with Gasteiger partial charge in [-0.25, -0.2) is 4.39 Å². The molecule has 26 heavy (non-hydrogen) atoms. The number of carbonyl (C=O) groups excluding carboxylic acids is 3. The molecule has 7 heteroatoms. The zero-order valence-electron chi connectivity index (χ0n) is 13.8. The van der Waals surface area contributed by atoms with Crippen LogP contribution in [0.3, 0.4) is 0 Å². The summed E-state index contributed by atoms with van der Waals surface area (Å²) < 4.78 is 12.8. The van der Waals surface area contributed by atoms with E-state index in [-0.39, 0.29) is 30.3 Å². The van der Waals surface area contributed by atoms with E-state index in [0.717, 1.165) is 10.5 Å². The molecule has 3 amide bonds. The van der Waals surface area contributed by atoms with Crippen LogP contribution < -0.4 is 5.32 Å². The van der Waals surface area contributed by atoms with Gasteiger partial charge in [0.1, 0.15) is 5.82 Å². The van der Waals surface area contributed by atoms with Crippen molar-refractivity contribution in [2.24, 2.45) is 0 Å². The molecule has 3 rings (SSSR count). The van der Waals surface area contributed by atoms with Gasteiger partial charge in [-0.15, -0.1) is 0 Å². The first-order valence-corrected chi connectivity index (χ1v) is 8.50. The lowest BCUT2D eigenvalue weighted by Gasteiger charge is -2.13. The summed E-state index contributed by atoms with van der Waals surface area (Å²) in [6, 6.07) is 10.6. The molecule has 0 saturated heterocycles. The van der Waals surface area contributed by atoms with E-state index in [0.29, 0.717) is 23.6 Å². The fourth-order valence-electron chi connectivity index (χ4n) is 2.77. The Morgan fingerprint density at radius 1 is 1.04 bits per heavy atom. The van der Waals surface area contributed by atoms with Gasteiger partial charge in [0, 0.05) is 24.5 Å². The highest BCUT2D eigenvalue weighted by Gasteiger charge is 2.35. The molecule has 0 spiro atoms. The van der Waals surface area contributed by atoms with E-state index in [2.05, 4.69) is 5.32 Å². The van der Waals surface area contributed by atoms with Crippen LogP contribution in [0.1, 0.15) is 32.7 Å². The molecule has 2 aromatic rings. The summed E-state index contributed by atoms with van der Waals surface area (Å²) >= 11 is 5.86. The second-order valence-electron chi connectivity index (χ2n) is 5.93. The average molecular weight is 375 g/mol. The molecule has 1 N–H and O–H groups in total. The second kappa shape index (κ2) is 7.66. The Morgan fingerprint density at radius 3 is 2.46 bits per heavy atom. The number of nitrogens with one attached hydrogen (secondary N) is 1. The predicted octanol–water partition coefficient (Wildman–Crippen LogP) is 2.82. The number of halogens is 2. The number of nitrogens with zero attached hydrogens (tertiary/aromatic N) is 1. The van der Waals surface area contributed by atoms with Crippen LogP contribution >= 0.6 is 11.6 Å². The molecular weight excluding hydrogens is 359 g/mol. The monoisotopic (exact) mass is 374 g/mol. The van der Waals surface area contributed by atoms with E-state index in [4.69, 9.17) is 11.6 Å². The summed E-state index contributed by atoms with van der Waals surface area (Å²) in [4.78, 5) is 37.5. The van der Waals surface area contributed by atoms with E-state index in [1.165, 1.54) is 24.3 Å². The predicted molar refractivity (Wildman–Crippen MR) is 94.5 cm³/mol. The molecule has 1 heterocycles. The Hall–Kier alpha value is -2.73. The highest BCUT2D eigenvalue weighted by Crippen LogP contribution is 2.25.